The lowest BCUT2D eigenvalue weighted by Gasteiger charge is -2.27. The Morgan fingerprint density at radius 3 is 2.26 bits per heavy atom. The average Bonchev–Trinajstić information content (AvgIpc) is 3.23. The van der Waals surface area contributed by atoms with Crippen LogP contribution in [0.4, 0.5) is 0 Å². The molecule has 1 aromatic heterocycles. The van der Waals surface area contributed by atoms with Gasteiger partial charge in [-0.05, 0) is 24.1 Å². The van der Waals surface area contributed by atoms with E-state index in [0.717, 1.165) is 28.8 Å². The first-order valence-electron chi connectivity index (χ1n) is 11.6. The Balaban J connectivity index is 1.66. The number of nitrogens with zero attached hydrogens (tertiary/aromatic N) is 1. The molecule has 34 heavy (non-hydrogen) atoms. The van der Waals surface area contributed by atoms with E-state index in [1.807, 2.05) is 79.7 Å². The maximum absolute atomic E-state index is 11.6. The fraction of sp³-hybridized carbons (Fsp3) is 0.241. The highest BCUT2D eigenvalue weighted by molar-refractivity contribution is 5.76. The van der Waals surface area contributed by atoms with Crippen molar-refractivity contribution in [2.24, 2.45) is 0 Å². The van der Waals surface area contributed by atoms with Crippen molar-refractivity contribution in [2.45, 2.75) is 45.1 Å². The molecule has 0 radical (unpaired) electrons. The van der Waals surface area contributed by atoms with Crippen molar-refractivity contribution in [3.63, 3.8) is 0 Å². The molecule has 0 fully saturated rings. The monoisotopic (exact) mass is 455 g/mol. The molecule has 174 valence electrons. The summed E-state index contributed by atoms with van der Waals surface area (Å²) in [5.74, 6) is 1.28. The molecular formula is C29H29NO4. The van der Waals surface area contributed by atoms with Crippen molar-refractivity contribution < 1.29 is 19.1 Å². The summed E-state index contributed by atoms with van der Waals surface area (Å²) in [6.45, 7) is 3.41. The quantitative estimate of drug-likeness (QED) is 0.239. The maximum Gasteiger partial charge on any atom is 0.308 e. The minimum Gasteiger partial charge on any atom is -0.440 e. The number of oxazole rings is 1. The molecular weight excluding hydrogens is 426 g/mol. The summed E-state index contributed by atoms with van der Waals surface area (Å²) in [5, 5.41) is 11.6. The van der Waals surface area contributed by atoms with Crippen LogP contribution in [0.15, 0.2) is 89.3 Å². The Hall–Kier alpha value is -3.70. The number of carbonyl (C=O) groups is 1. The Morgan fingerprint density at radius 1 is 0.941 bits per heavy atom. The molecule has 0 aliphatic carbocycles. The van der Waals surface area contributed by atoms with Gasteiger partial charge in [0.1, 0.15) is 11.4 Å². The van der Waals surface area contributed by atoms with Crippen LogP contribution in [-0.2, 0) is 17.6 Å². The van der Waals surface area contributed by atoms with Gasteiger partial charge < -0.3 is 14.3 Å². The van der Waals surface area contributed by atoms with Gasteiger partial charge >= 0.3 is 5.97 Å². The second kappa shape index (κ2) is 10.5. The summed E-state index contributed by atoms with van der Waals surface area (Å²) in [6, 6.07) is 27.1. The summed E-state index contributed by atoms with van der Waals surface area (Å²) in [7, 11) is 0. The van der Waals surface area contributed by atoms with E-state index < -0.39 is 5.60 Å². The topological polar surface area (TPSA) is 72.6 Å². The highest BCUT2D eigenvalue weighted by atomic mass is 16.5. The third-order valence-corrected chi connectivity index (χ3v) is 5.64. The van der Waals surface area contributed by atoms with E-state index in [2.05, 4.69) is 0 Å². The van der Waals surface area contributed by atoms with Gasteiger partial charge in [0, 0.05) is 24.5 Å². The molecule has 1 unspecified atom stereocenters. The molecule has 4 rings (SSSR count). The Morgan fingerprint density at radius 2 is 1.62 bits per heavy atom. The van der Waals surface area contributed by atoms with Crippen LogP contribution in [-0.4, -0.2) is 21.7 Å². The van der Waals surface area contributed by atoms with Crippen LogP contribution in [0.2, 0.25) is 0 Å². The number of aliphatic hydroxyl groups is 1. The third kappa shape index (κ3) is 5.80. The Kier molecular flexibility index (Phi) is 7.24. The Labute approximate surface area is 200 Å². The van der Waals surface area contributed by atoms with E-state index >= 15 is 0 Å². The maximum atomic E-state index is 11.6. The zero-order valence-corrected chi connectivity index (χ0v) is 19.5. The molecule has 0 aliphatic heterocycles. The highest BCUT2D eigenvalue weighted by Gasteiger charge is 2.30. The predicted octanol–water partition coefficient (Wildman–Crippen LogP) is 6.25. The standard InChI is InChI=1S/C29H29NO4/c1-3-17-29(32,19-22-11-10-16-25(18-22)33-21(2)31)20-26-30-27(23-12-6-4-7-13-23)28(34-26)24-14-8-5-9-15-24/h4-16,18,32H,3,17,19-20H2,1-2H3. The van der Waals surface area contributed by atoms with Crippen molar-refractivity contribution in [3.8, 4) is 28.3 Å². The first-order valence-corrected chi connectivity index (χ1v) is 11.6. The van der Waals surface area contributed by atoms with Crippen molar-refractivity contribution in [1.29, 1.82) is 0 Å². The second-order valence-corrected chi connectivity index (χ2v) is 8.59. The Bertz CT molecular complexity index is 1180. The zero-order chi connectivity index (χ0) is 24.0. The minimum atomic E-state index is -1.06. The lowest BCUT2D eigenvalue weighted by Crippen LogP contribution is -2.34. The van der Waals surface area contributed by atoms with Gasteiger partial charge in [-0.3, -0.25) is 4.79 Å². The number of rotatable bonds is 9. The van der Waals surface area contributed by atoms with Crippen LogP contribution in [0.1, 0.15) is 38.1 Å². The van der Waals surface area contributed by atoms with Gasteiger partial charge in [0.05, 0.1) is 12.0 Å². The number of ether oxygens (including phenoxy) is 1. The van der Waals surface area contributed by atoms with Crippen LogP contribution in [0.25, 0.3) is 22.6 Å². The van der Waals surface area contributed by atoms with Gasteiger partial charge in [-0.15, -0.1) is 0 Å². The third-order valence-electron chi connectivity index (χ3n) is 5.64. The zero-order valence-electron chi connectivity index (χ0n) is 19.5. The van der Waals surface area contributed by atoms with Crippen LogP contribution < -0.4 is 4.74 Å². The normalized spacial score (nSPS) is 12.8. The molecule has 0 aliphatic rings. The van der Waals surface area contributed by atoms with Gasteiger partial charge in [0.15, 0.2) is 11.7 Å². The van der Waals surface area contributed by atoms with Gasteiger partial charge in [0.25, 0.3) is 0 Å². The van der Waals surface area contributed by atoms with E-state index in [0.29, 0.717) is 30.2 Å². The molecule has 0 saturated carbocycles. The van der Waals surface area contributed by atoms with Gasteiger partial charge in [0.2, 0.25) is 0 Å². The first-order chi connectivity index (χ1) is 16.5. The summed E-state index contributed by atoms with van der Waals surface area (Å²) >= 11 is 0. The van der Waals surface area contributed by atoms with Crippen molar-refractivity contribution in [1.82, 2.24) is 4.98 Å². The molecule has 3 aromatic carbocycles. The molecule has 4 aromatic rings. The predicted molar refractivity (Wildman–Crippen MR) is 132 cm³/mol. The van der Waals surface area contributed by atoms with E-state index in [1.54, 1.807) is 12.1 Å². The van der Waals surface area contributed by atoms with Crippen LogP contribution in [0.3, 0.4) is 0 Å². The molecule has 5 nitrogen and oxygen atoms in total. The first kappa shape index (κ1) is 23.5. The van der Waals surface area contributed by atoms with Crippen molar-refractivity contribution in [3.05, 3.63) is 96.4 Å². The number of hydrogen-bond acceptors (Lipinski definition) is 5. The molecule has 1 heterocycles. The summed E-state index contributed by atoms with van der Waals surface area (Å²) in [6.07, 6.45) is 2.04. The van der Waals surface area contributed by atoms with E-state index in [-0.39, 0.29) is 12.4 Å². The van der Waals surface area contributed by atoms with Gasteiger partial charge in [-0.1, -0.05) is 86.1 Å². The summed E-state index contributed by atoms with van der Waals surface area (Å²) < 4.78 is 11.5. The molecule has 5 heteroatoms. The fourth-order valence-electron chi connectivity index (χ4n) is 4.27. The number of aromatic nitrogens is 1. The molecule has 1 N–H and O–H groups in total. The van der Waals surface area contributed by atoms with Crippen LogP contribution in [0.5, 0.6) is 5.75 Å². The lowest BCUT2D eigenvalue weighted by molar-refractivity contribution is -0.131. The van der Waals surface area contributed by atoms with Crippen molar-refractivity contribution >= 4 is 5.97 Å². The van der Waals surface area contributed by atoms with E-state index in [4.69, 9.17) is 14.1 Å². The minimum absolute atomic E-state index is 0.269. The fourth-order valence-corrected chi connectivity index (χ4v) is 4.27. The van der Waals surface area contributed by atoms with Crippen molar-refractivity contribution in [2.75, 3.05) is 0 Å². The number of hydrogen-bond donors (Lipinski definition) is 1. The van der Waals surface area contributed by atoms with E-state index in [9.17, 15) is 9.90 Å². The molecule has 0 bridgehead atoms. The molecule has 0 amide bonds. The van der Waals surface area contributed by atoms with Gasteiger partial charge in [-0.25, -0.2) is 4.98 Å². The highest BCUT2D eigenvalue weighted by Crippen LogP contribution is 2.34. The largest absolute Gasteiger partial charge is 0.440 e. The van der Waals surface area contributed by atoms with Crippen LogP contribution >= 0.6 is 0 Å². The SMILES string of the molecule is CCCC(O)(Cc1cccc(OC(C)=O)c1)Cc1nc(-c2ccccc2)c(-c2ccccc2)o1. The van der Waals surface area contributed by atoms with Gasteiger partial charge in [-0.2, -0.15) is 0 Å². The smallest absolute Gasteiger partial charge is 0.308 e. The lowest BCUT2D eigenvalue weighted by atomic mass is 9.87. The summed E-state index contributed by atoms with van der Waals surface area (Å²) in [4.78, 5) is 16.2. The van der Waals surface area contributed by atoms with Crippen LogP contribution in [0, 0.1) is 0 Å². The summed E-state index contributed by atoms with van der Waals surface area (Å²) in [5.41, 5.74) is 2.49. The van der Waals surface area contributed by atoms with E-state index in [1.165, 1.54) is 6.92 Å². The molecule has 0 spiro atoms. The second-order valence-electron chi connectivity index (χ2n) is 8.59. The molecule has 1 atom stereocenters. The number of benzene rings is 3. The average molecular weight is 456 g/mol. The number of carbonyl (C=O) groups excluding carboxylic acids is 1. The molecule has 0 saturated heterocycles. The number of esters is 1.